The van der Waals surface area contributed by atoms with Crippen LogP contribution < -0.4 is 15.4 Å². The van der Waals surface area contributed by atoms with Crippen LogP contribution in [0.3, 0.4) is 0 Å². The van der Waals surface area contributed by atoms with E-state index in [-0.39, 0.29) is 5.91 Å². The summed E-state index contributed by atoms with van der Waals surface area (Å²) < 4.78 is 5.43. The molecular weight excluding hydrogens is 402 g/mol. The SMILES string of the molecule is CC.CN1C(=O)CCOc2ccccc21.CN=C(/C=C(/CC(C)C)C1CCC1C)C(N)=O. The van der Waals surface area contributed by atoms with Crippen LogP contribution in [-0.2, 0) is 9.59 Å². The second-order valence-electron chi connectivity index (χ2n) is 8.47. The van der Waals surface area contributed by atoms with Gasteiger partial charge >= 0.3 is 0 Å². The molecule has 1 fully saturated rings. The number of nitrogens with zero attached hydrogens (tertiary/aromatic N) is 2. The second kappa shape index (κ2) is 13.7. The molecular formula is C26H41N3O3. The molecule has 2 amide bonds. The molecule has 2 atom stereocenters. The smallest absolute Gasteiger partial charge is 0.266 e. The largest absolute Gasteiger partial charge is 0.491 e. The number of allylic oxidation sites excluding steroid dienone is 1. The number of rotatable bonds is 5. The third-order valence-corrected chi connectivity index (χ3v) is 5.73. The molecule has 0 bridgehead atoms. The zero-order valence-electron chi connectivity index (χ0n) is 20.9. The Kier molecular flexibility index (Phi) is 11.7. The Hall–Kier alpha value is -2.63. The van der Waals surface area contributed by atoms with Crippen molar-refractivity contribution in [2.45, 2.75) is 60.3 Å². The minimum atomic E-state index is -0.430. The van der Waals surface area contributed by atoms with Gasteiger partial charge in [-0.1, -0.05) is 52.3 Å². The van der Waals surface area contributed by atoms with Gasteiger partial charge in [-0.3, -0.25) is 14.6 Å². The summed E-state index contributed by atoms with van der Waals surface area (Å²) in [4.78, 5) is 28.2. The second-order valence-corrected chi connectivity index (χ2v) is 8.47. The summed E-state index contributed by atoms with van der Waals surface area (Å²) in [5, 5.41) is 0. The summed E-state index contributed by atoms with van der Waals surface area (Å²) in [6, 6.07) is 7.57. The van der Waals surface area contributed by atoms with Gasteiger partial charge in [0.2, 0.25) is 5.91 Å². The molecule has 0 radical (unpaired) electrons. The lowest BCUT2D eigenvalue weighted by molar-refractivity contribution is -0.118. The molecule has 2 aliphatic rings. The summed E-state index contributed by atoms with van der Waals surface area (Å²) >= 11 is 0. The Balaban J connectivity index is 0.000000305. The van der Waals surface area contributed by atoms with Crippen molar-refractivity contribution in [3.63, 3.8) is 0 Å². The number of hydrogen-bond acceptors (Lipinski definition) is 4. The predicted octanol–water partition coefficient (Wildman–Crippen LogP) is 5.02. The van der Waals surface area contributed by atoms with Crippen LogP contribution in [-0.4, -0.2) is 38.2 Å². The highest BCUT2D eigenvalue weighted by molar-refractivity contribution is 6.42. The number of para-hydroxylation sites is 2. The molecule has 2 unspecified atom stereocenters. The standard InChI is InChI=1S/C14H24N2O.C10H11NO2.C2H6/c1-9(2)7-11(12-6-5-10(12)3)8-13(16-4)14(15)17;1-11-8-4-2-3-5-9(8)13-7-6-10(11)12;1-2/h8-10,12H,5-7H2,1-4H3,(H2,15,17);2-5H,6-7H2,1H3;1-2H3/b11-8-,16-13?;;. The van der Waals surface area contributed by atoms with Crippen LogP contribution in [0.5, 0.6) is 5.75 Å². The molecule has 6 heteroatoms. The highest BCUT2D eigenvalue weighted by Gasteiger charge is 2.30. The number of carbonyl (C=O) groups excluding carboxylic acids is 2. The average molecular weight is 444 g/mol. The molecule has 0 saturated heterocycles. The van der Waals surface area contributed by atoms with Gasteiger partial charge in [0, 0.05) is 14.1 Å². The number of hydrogen-bond donors (Lipinski definition) is 1. The van der Waals surface area contributed by atoms with E-state index in [4.69, 9.17) is 10.5 Å². The van der Waals surface area contributed by atoms with Gasteiger partial charge in [-0.15, -0.1) is 0 Å². The maximum absolute atomic E-state index is 11.4. The maximum atomic E-state index is 11.4. The van der Waals surface area contributed by atoms with Crippen molar-refractivity contribution in [2.75, 3.05) is 25.6 Å². The lowest BCUT2D eigenvalue weighted by Crippen LogP contribution is -2.28. The van der Waals surface area contributed by atoms with E-state index in [1.165, 1.54) is 18.4 Å². The molecule has 1 heterocycles. The number of anilines is 1. The van der Waals surface area contributed by atoms with Crippen LogP contribution in [0.2, 0.25) is 0 Å². The molecule has 0 aromatic heterocycles. The lowest BCUT2D eigenvalue weighted by Gasteiger charge is -2.36. The fourth-order valence-corrected chi connectivity index (χ4v) is 3.83. The first kappa shape index (κ1) is 27.4. The molecule has 1 aromatic rings. The van der Waals surface area contributed by atoms with Gasteiger partial charge in [0.25, 0.3) is 5.91 Å². The molecule has 6 nitrogen and oxygen atoms in total. The molecule has 3 rings (SSSR count). The van der Waals surface area contributed by atoms with Crippen LogP contribution in [0.1, 0.15) is 60.3 Å². The zero-order chi connectivity index (χ0) is 24.3. The summed E-state index contributed by atoms with van der Waals surface area (Å²) in [6.45, 7) is 11.1. The molecule has 1 saturated carbocycles. The maximum Gasteiger partial charge on any atom is 0.266 e. The van der Waals surface area contributed by atoms with Crippen LogP contribution >= 0.6 is 0 Å². The highest BCUT2D eigenvalue weighted by Crippen LogP contribution is 2.41. The molecule has 1 aliphatic carbocycles. The van der Waals surface area contributed by atoms with Crippen molar-refractivity contribution in [3.8, 4) is 5.75 Å². The number of ether oxygens (including phenoxy) is 1. The zero-order valence-corrected chi connectivity index (χ0v) is 20.9. The van der Waals surface area contributed by atoms with E-state index in [2.05, 4.69) is 25.8 Å². The Labute approximate surface area is 193 Å². The van der Waals surface area contributed by atoms with Gasteiger partial charge < -0.3 is 15.4 Å². The quantitative estimate of drug-likeness (QED) is 0.649. The van der Waals surface area contributed by atoms with Crippen LogP contribution in [0, 0.1) is 17.8 Å². The Bertz CT molecular complexity index is 814. The number of fused-ring (bicyclic) bond motifs is 1. The first-order chi connectivity index (χ1) is 15.2. The van der Waals surface area contributed by atoms with Crippen molar-refractivity contribution in [2.24, 2.45) is 28.5 Å². The minimum Gasteiger partial charge on any atom is -0.491 e. The summed E-state index contributed by atoms with van der Waals surface area (Å²) in [5.41, 5.74) is 7.91. The molecule has 1 aromatic carbocycles. The predicted molar refractivity (Wildman–Crippen MR) is 133 cm³/mol. The fraction of sp³-hybridized carbons (Fsp3) is 0.577. The molecule has 178 valence electrons. The van der Waals surface area contributed by atoms with E-state index in [9.17, 15) is 9.59 Å². The molecule has 0 spiro atoms. The topological polar surface area (TPSA) is 85.0 Å². The monoisotopic (exact) mass is 443 g/mol. The summed E-state index contributed by atoms with van der Waals surface area (Å²) in [7, 11) is 3.39. The molecule has 2 N–H and O–H groups in total. The Morgan fingerprint density at radius 1 is 1.28 bits per heavy atom. The number of benzene rings is 1. The van der Waals surface area contributed by atoms with Crippen molar-refractivity contribution in [3.05, 3.63) is 35.9 Å². The first-order valence-corrected chi connectivity index (χ1v) is 11.7. The Morgan fingerprint density at radius 3 is 2.44 bits per heavy atom. The van der Waals surface area contributed by atoms with Gasteiger partial charge in [0.1, 0.15) is 11.5 Å². The summed E-state index contributed by atoms with van der Waals surface area (Å²) in [6.07, 6.45) is 5.92. The van der Waals surface area contributed by atoms with E-state index >= 15 is 0 Å². The van der Waals surface area contributed by atoms with Crippen LogP contribution in [0.15, 0.2) is 40.9 Å². The molecule has 32 heavy (non-hydrogen) atoms. The van der Waals surface area contributed by atoms with Crippen LogP contribution in [0.4, 0.5) is 5.69 Å². The third kappa shape index (κ3) is 7.81. The average Bonchev–Trinajstić information content (AvgIpc) is 2.90. The van der Waals surface area contributed by atoms with E-state index in [0.717, 1.165) is 23.8 Å². The van der Waals surface area contributed by atoms with Crippen molar-refractivity contribution in [1.82, 2.24) is 0 Å². The lowest BCUT2D eigenvalue weighted by atomic mass is 9.69. The van der Waals surface area contributed by atoms with Gasteiger partial charge in [-0.05, 0) is 55.2 Å². The fourth-order valence-electron chi connectivity index (χ4n) is 3.83. The van der Waals surface area contributed by atoms with Gasteiger partial charge in [0.15, 0.2) is 0 Å². The van der Waals surface area contributed by atoms with Gasteiger partial charge in [0.05, 0.1) is 18.7 Å². The van der Waals surface area contributed by atoms with E-state index in [1.54, 1.807) is 19.0 Å². The number of nitrogens with two attached hydrogens (primary N) is 1. The number of aliphatic imine (C=N–C) groups is 1. The van der Waals surface area contributed by atoms with E-state index < -0.39 is 5.91 Å². The normalized spacial score (nSPS) is 20.5. The summed E-state index contributed by atoms with van der Waals surface area (Å²) in [5.74, 6) is 2.40. The van der Waals surface area contributed by atoms with Crippen molar-refractivity contribution in [1.29, 1.82) is 0 Å². The number of primary amides is 1. The molecule has 1 aliphatic heterocycles. The van der Waals surface area contributed by atoms with Crippen molar-refractivity contribution < 1.29 is 14.3 Å². The van der Waals surface area contributed by atoms with E-state index in [1.807, 2.05) is 44.2 Å². The number of carbonyl (C=O) groups is 2. The minimum absolute atomic E-state index is 0.102. The highest BCUT2D eigenvalue weighted by atomic mass is 16.5. The first-order valence-electron chi connectivity index (χ1n) is 11.7. The van der Waals surface area contributed by atoms with E-state index in [0.29, 0.717) is 30.6 Å². The van der Waals surface area contributed by atoms with Crippen molar-refractivity contribution >= 4 is 23.2 Å². The third-order valence-electron chi connectivity index (χ3n) is 5.73. The van der Waals surface area contributed by atoms with Gasteiger partial charge in [-0.2, -0.15) is 0 Å². The van der Waals surface area contributed by atoms with Gasteiger partial charge in [-0.25, -0.2) is 0 Å². The number of amides is 2. The Morgan fingerprint density at radius 2 is 1.94 bits per heavy atom. The van der Waals surface area contributed by atoms with Crippen LogP contribution in [0.25, 0.3) is 0 Å².